The van der Waals surface area contributed by atoms with Gasteiger partial charge in [-0.1, -0.05) is 19.9 Å². The molecule has 2 N–H and O–H groups in total. The van der Waals surface area contributed by atoms with Gasteiger partial charge in [0.25, 0.3) is 5.91 Å². The van der Waals surface area contributed by atoms with E-state index in [1.165, 1.54) is 0 Å². The molecule has 1 aromatic carbocycles. The lowest BCUT2D eigenvalue weighted by atomic mass is 10.1. The fraction of sp³-hybridized carbons (Fsp3) is 0.471. The van der Waals surface area contributed by atoms with Gasteiger partial charge in [0, 0.05) is 24.2 Å². The first-order chi connectivity index (χ1) is 11.1. The molecule has 0 spiro atoms. The monoisotopic (exact) mass is 316 g/mol. The van der Waals surface area contributed by atoms with Crippen molar-refractivity contribution in [1.82, 2.24) is 15.1 Å². The number of nitrogens with two attached hydrogens (primary N) is 1. The molecule has 6 nitrogen and oxygen atoms in total. The Morgan fingerprint density at radius 1 is 1.26 bits per heavy atom. The highest BCUT2D eigenvalue weighted by Crippen LogP contribution is 2.21. The molecule has 1 heterocycles. The summed E-state index contributed by atoms with van der Waals surface area (Å²) in [5.74, 6) is 0.794. The zero-order valence-electron chi connectivity index (χ0n) is 14.0. The van der Waals surface area contributed by atoms with Crippen LogP contribution < -0.4 is 5.73 Å². The average molecular weight is 316 g/mol. The van der Waals surface area contributed by atoms with Crippen molar-refractivity contribution >= 4 is 5.91 Å². The lowest BCUT2D eigenvalue weighted by Gasteiger charge is -2.21. The van der Waals surface area contributed by atoms with Crippen molar-refractivity contribution in [2.24, 2.45) is 5.73 Å². The minimum atomic E-state index is -0.314. The van der Waals surface area contributed by atoms with E-state index in [4.69, 9.17) is 10.2 Å². The maximum absolute atomic E-state index is 12.7. The van der Waals surface area contributed by atoms with Gasteiger partial charge in [0.15, 0.2) is 0 Å². The summed E-state index contributed by atoms with van der Waals surface area (Å²) in [5, 5.41) is 7.93. The Kier molecular flexibility index (Phi) is 5.87. The van der Waals surface area contributed by atoms with Crippen LogP contribution in [0.4, 0.5) is 0 Å². The molecule has 6 heteroatoms. The van der Waals surface area contributed by atoms with Crippen molar-refractivity contribution in [1.29, 1.82) is 0 Å². The molecule has 2 aromatic rings. The second kappa shape index (κ2) is 7.87. The number of amides is 1. The predicted octanol–water partition coefficient (Wildman–Crippen LogP) is 3.02. The molecular weight excluding hydrogens is 292 g/mol. The van der Waals surface area contributed by atoms with E-state index in [0.29, 0.717) is 17.3 Å². The smallest absolute Gasteiger partial charge is 0.253 e. The molecule has 1 amide bonds. The van der Waals surface area contributed by atoms with Crippen LogP contribution in [0.15, 0.2) is 28.7 Å². The van der Waals surface area contributed by atoms with Crippen LogP contribution in [0, 0.1) is 0 Å². The Morgan fingerprint density at radius 2 is 1.96 bits per heavy atom. The third kappa shape index (κ3) is 4.16. The SMILES string of the molecule is CCCN(CCC)C(=O)c1cccc(-c2nnc([C@H](C)N)o2)c1. The zero-order valence-corrected chi connectivity index (χ0v) is 14.0. The lowest BCUT2D eigenvalue weighted by molar-refractivity contribution is 0.0755. The van der Waals surface area contributed by atoms with Gasteiger partial charge in [-0.05, 0) is 38.0 Å². The van der Waals surface area contributed by atoms with Crippen LogP contribution in [-0.2, 0) is 0 Å². The van der Waals surface area contributed by atoms with E-state index >= 15 is 0 Å². The molecule has 2 rings (SSSR count). The number of carbonyl (C=O) groups excluding carboxylic acids is 1. The minimum absolute atomic E-state index is 0.0301. The van der Waals surface area contributed by atoms with Crippen LogP contribution in [0.2, 0.25) is 0 Å². The van der Waals surface area contributed by atoms with Gasteiger partial charge in [-0.15, -0.1) is 10.2 Å². The predicted molar refractivity (Wildman–Crippen MR) is 88.8 cm³/mol. The van der Waals surface area contributed by atoms with Crippen molar-refractivity contribution < 1.29 is 9.21 Å². The van der Waals surface area contributed by atoms with Crippen LogP contribution >= 0.6 is 0 Å². The van der Waals surface area contributed by atoms with Crippen LogP contribution in [0.5, 0.6) is 0 Å². The Labute approximate surface area is 136 Å². The molecule has 1 atom stereocenters. The van der Waals surface area contributed by atoms with Gasteiger partial charge >= 0.3 is 0 Å². The van der Waals surface area contributed by atoms with Gasteiger partial charge < -0.3 is 15.1 Å². The molecule has 0 saturated heterocycles. The molecular formula is C17H24N4O2. The third-order valence-electron chi connectivity index (χ3n) is 3.46. The molecule has 0 aliphatic carbocycles. The van der Waals surface area contributed by atoms with Crippen LogP contribution in [0.25, 0.3) is 11.5 Å². The molecule has 0 fully saturated rings. The highest BCUT2D eigenvalue weighted by Gasteiger charge is 2.17. The quantitative estimate of drug-likeness (QED) is 0.848. The number of rotatable bonds is 7. The normalized spacial score (nSPS) is 12.2. The highest BCUT2D eigenvalue weighted by atomic mass is 16.4. The minimum Gasteiger partial charge on any atom is -0.419 e. The van der Waals surface area contributed by atoms with E-state index < -0.39 is 0 Å². The number of carbonyl (C=O) groups is 1. The van der Waals surface area contributed by atoms with E-state index in [2.05, 4.69) is 24.0 Å². The molecule has 0 bridgehead atoms. The molecule has 23 heavy (non-hydrogen) atoms. The maximum Gasteiger partial charge on any atom is 0.253 e. The number of nitrogens with zero attached hydrogens (tertiary/aromatic N) is 3. The van der Waals surface area contributed by atoms with Gasteiger partial charge in [0.05, 0.1) is 6.04 Å². The zero-order chi connectivity index (χ0) is 16.8. The summed E-state index contributed by atoms with van der Waals surface area (Å²) >= 11 is 0. The Morgan fingerprint density at radius 3 is 2.52 bits per heavy atom. The van der Waals surface area contributed by atoms with E-state index in [-0.39, 0.29) is 11.9 Å². The summed E-state index contributed by atoms with van der Waals surface area (Å²) in [4.78, 5) is 14.5. The highest BCUT2D eigenvalue weighted by molar-refractivity contribution is 5.95. The van der Waals surface area contributed by atoms with Gasteiger partial charge in [-0.3, -0.25) is 4.79 Å². The third-order valence-corrected chi connectivity index (χ3v) is 3.46. The molecule has 0 aliphatic rings. The van der Waals surface area contributed by atoms with Crippen molar-refractivity contribution in [2.75, 3.05) is 13.1 Å². The van der Waals surface area contributed by atoms with E-state index in [0.717, 1.165) is 31.5 Å². The summed E-state index contributed by atoms with van der Waals surface area (Å²) in [6.07, 6.45) is 1.87. The van der Waals surface area contributed by atoms with Crippen molar-refractivity contribution in [3.05, 3.63) is 35.7 Å². The molecule has 0 unspecified atom stereocenters. The molecule has 0 radical (unpaired) electrons. The van der Waals surface area contributed by atoms with Crippen molar-refractivity contribution in [3.8, 4) is 11.5 Å². The summed E-state index contributed by atoms with van der Waals surface area (Å²) in [6, 6.07) is 6.96. The van der Waals surface area contributed by atoms with Gasteiger partial charge in [-0.25, -0.2) is 0 Å². The van der Waals surface area contributed by atoms with Gasteiger partial charge in [0.2, 0.25) is 11.8 Å². The van der Waals surface area contributed by atoms with Gasteiger partial charge in [-0.2, -0.15) is 0 Å². The Bertz CT molecular complexity index is 646. The van der Waals surface area contributed by atoms with E-state index in [1.54, 1.807) is 13.0 Å². The van der Waals surface area contributed by atoms with Crippen molar-refractivity contribution in [2.45, 2.75) is 39.7 Å². The number of aromatic nitrogens is 2. The number of hydrogen-bond donors (Lipinski definition) is 1. The average Bonchev–Trinajstić information content (AvgIpc) is 3.04. The van der Waals surface area contributed by atoms with Gasteiger partial charge in [0.1, 0.15) is 0 Å². The van der Waals surface area contributed by atoms with Crippen LogP contribution in [0.1, 0.15) is 55.9 Å². The van der Waals surface area contributed by atoms with Crippen molar-refractivity contribution in [3.63, 3.8) is 0 Å². The second-order valence-corrected chi connectivity index (χ2v) is 5.61. The van der Waals surface area contributed by atoms with E-state index in [9.17, 15) is 4.79 Å². The summed E-state index contributed by atoms with van der Waals surface area (Å²) in [5.41, 5.74) is 7.09. The Hall–Kier alpha value is -2.21. The first-order valence-electron chi connectivity index (χ1n) is 8.05. The molecule has 1 aromatic heterocycles. The maximum atomic E-state index is 12.7. The van der Waals surface area contributed by atoms with E-state index in [1.807, 2.05) is 23.1 Å². The first kappa shape index (κ1) is 17.1. The summed E-state index contributed by atoms with van der Waals surface area (Å²) in [6.45, 7) is 7.43. The topological polar surface area (TPSA) is 85.2 Å². The second-order valence-electron chi connectivity index (χ2n) is 5.61. The number of hydrogen-bond acceptors (Lipinski definition) is 5. The Balaban J connectivity index is 2.25. The number of benzene rings is 1. The molecule has 124 valence electrons. The molecule has 0 saturated carbocycles. The fourth-order valence-corrected chi connectivity index (χ4v) is 2.36. The summed E-state index contributed by atoms with van der Waals surface area (Å²) in [7, 11) is 0. The fourth-order valence-electron chi connectivity index (χ4n) is 2.36. The molecule has 0 aliphatic heterocycles. The van der Waals surface area contributed by atoms with Crippen LogP contribution in [-0.4, -0.2) is 34.1 Å². The lowest BCUT2D eigenvalue weighted by Crippen LogP contribution is -2.32. The van der Waals surface area contributed by atoms with Crippen LogP contribution in [0.3, 0.4) is 0 Å². The standard InChI is InChI=1S/C17H24N4O2/c1-4-9-21(10-5-2)17(22)14-8-6-7-13(11-14)16-20-19-15(23-16)12(3)18/h6-8,11-12H,4-5,9-10,18H2,1-3H3/t12-/m0/s1. The summed E-state index contributed by atoms with van der Waals surface area (Å²) < 4.78 is 5.55. The largest absolute Gasteiger partial charge is 0.419 e. The first-order valence-corrected chi connectivity index (χ1v) is 8.05.